The standard InChI is InChI=1S/C29H20N10/c30-18-23(19-31)28(22-14-8-3-9-15-22)29(38-36-26-16-24(32-34-26)20-10-4-1-5-11-20)39-37-27-17-25(33-35-27)21-12-6-2-7-13-21/h1-17,24-25,36H/b38-29-,39-37?. The number of allylic oxidation sites excluding steroid dienone is 1. The van der Waals surface area contributed by atoms with Gasteiger partial charge >= 0.3 is 0 Å². The van der Waals surface area contributed by atoms with E-state index in [9.17, 15) is 10.5 Å². The lowest BCUT2D eigenvalue weighted by Crippen LogP contribution is -2.10. The molecule has 2 heterocycles. The molecule has 10 nitrogen and oxygen atoms in total. The van der Waals surface area contributed by atoms with E-state index < -0.39 is 0 Å². The second-order valence-electron chi connectivity index (χ2n) is 8.31. The van der Waals surface area contributed by atoms with Crippen molar-refractivity contribution in [1.29, 1.82) is 10.5 Å². The van der Waals surface area contributed by atoms with Crippen molar-refractivity contribution in [2.45, 2.75) is 12.1 Å². The van der Waals surface area contributed by atoms with Crippen molar-refractivity contribution in [3.8, 4) is 12.1 Å². The second-order valence-corrected chi connectivity index (χ2v) is 8.31. The van der Waals surface area contributed by atoms with E-state index in [0.29, 0.717) is 11.4 Å². The van der Waals surface area contributed by atoms with E-state index in [2.05, 4.69) is 41.2 Å². The molecular weight excluding hydrogens is 488 g/mol. The number of amidine groups is 1. The van der Waals surface area contributed by atoms with Gasteiger partial charge < -0.3 is 0 Å². The molecule has 2 atom stereocenters. The maximum absolute atomic E-state index is 9.72. The number of nitrogens with zero attached hydrogens (tertiary/aromatic N) is 9. The number of hydrazone groups is 1. The molecule has 3 aromatic rings. The van der Waals surface area contributed by atoms with Gasteiger partial charge in [0, 0.05) is 0 Å². The zero-order chi connectivity index (χ0) is 26.9. The van der Waals surface area contributed by atoms with Crippen molar-refractivity contribution in [3.63, 3.8) is 0 Å². The average Bonchev–Trinajstić information content (AvgIpc) is 3.68. The number of nitriles is 2. The highest BCUT2D eigenvalue weighted by Gasteiger charge is 2.20. The molecule has 0 aromatic heterocycles. The van der Waals surface area contributed by atoms with Gasteiger partial charge in [-0.05, 0) is 28.8 Å². The first-order valence-corrected chi connectivity index (χ1v) is 12.0. The van der Waals surface area contributed by atoms with Gasteiger partial charge in [-0.1, -0.05) is 91.0 Å². The highest BCUT2D eigenvalue weighted by molar-refractivity contribution is 6.25. The van der Waals surface area contributed by atoms with E-state index in [4.69, 9.17) is 0 Å². The topological polar surface area (TPSA) is 146 Å². The van der Waals surface area contributed by atoms with Gasteiger partial charge in [0.05, 0.1) is 5.57 Å². The number of hydrogen-bond acceptors (Lipinski definition) is 9. The lowest BCUT2D eigenvalue weighted by Gasteiger charge is -2.07. The second kappa shape index (κ2) is 11.9. The van der Waals surface area contributed by atoms with Crippen LogP contribution in [-0.2, 0) is 0 Å². The molecule has 2 unspecified atom stereocenters. The third-order valence-electron chi connectivity index (χ3n) is 5.76. The Morgan fingerprint density at radius 3 is 1.90 bits per heavy atom. The molecule has 0 fully saturated rings. The molecule has 5 rings (SSSR count). The molecule has 0 amide bonds. The van der Waals surface area contributed by atoms with Crippen molar-refractivity contribution in [1.82, 2.24) is 5.43 Å². The van der Waals surface area contributed by atoms with Crippen LogP contribution in [-0.4, -0.2) is 5.84 Å². The molecule has 0 saturated heterocycles. The lowest BCUT2D eigenvalue weighted by atomic mass is 10.00. The molecule has 0 spiro atoms. The minimum Gasteiger partial charge on any atom is -0.258 e. The van der Waals surface area contributed by atoms with Crippen molar-refractivity contribution >= 4 is 11.4 Å². The van der Waals surface area contributed by atoms with Crippen LogP contribution in [0.3, 0.4) is 0 Å². The molecule has 186 valence electrons. The Kier molecular flexibility index (Phi) is 7.58. The maximum Gasteiger partial charge on any atom is 0.203 e. The summed E-state index contributed by atoms with van der Waals surface area (Å²) < 4.78 is 0. The van der Waals surface area contributed by atoms with E-state index in [1.807, 2.05) is 84.9 Å². The highest BCUT2D eigenvalue weighted by atomic mass is 15.4. The maximum atomic E-state index is 9.72. The number of azo groups is 3. The molecule has 0 aliphatic carbocycles. The van der Waals surface area contributed by atoms with Crippen LogP contribution in [0.25, 0.3) is 5.57 Å². The van der Waals surface area contributed by atoms with Gasteiger partial charge in [-0.2, -0.15) is 25.9 Å². The van der Waals surface area contributed by atoms with Crippen molar-refractivity contribution in [2.24, 2.45) is 35.8 Å². The first-order chi connectivity index (χ1) is 19.2. The SMILES string of the molecule is N#CC(C#N)=C(/C(N=NC1=CC(c2ccccc2)N=N1)=N/NC1=CC(c2ccccc2)N=N1)c1ccccc1. The zero-order valence-electron chi connectivity index (χ0n) is 20.5. The summed E-state index contributed by atoms with van der Waals surface area (Å²) in [5, 5.41) is 49.2. The quantitative estimate of drug-likeness (QED) is 0.121. The minimum absolute atomic E-state index is 0.00202. The van der Waals surface area contributed by atoms with Gasteiger partial charge in [0.2, 0.25) is 5.84 Å². The summed E-state index contributed by atoms with van der Waals surface area (Å²) in [5.74, 6) is 0.671. The molecule has 0 saturated carbocycles. The Labute approximate surface area is 224 Å². The van der Waals surface area contributed by atoms with E-state index >= 15 is 0 Å². The molecule has 10 heteroatoms. The lowest BCUT2D eigenvalue weighted by molar-refractivity contribution is 0.844. The van der Waals surface area contributed by atoms with Gasteiger partial charge in [0.15, 0.2) is 11.6 Å². The largest absolute Gasteiger partial charge is 0.258 e. The van der Waals surface area contributed by atoms with Crippen LogP contribution in [0.2, 0.25) is 0 Å². The summed E-state index contributed by atoms with van der Waals surface area (Å²) >= 11 is 0. The molecule has 3 aromatic carbocycles. The highest BCUT2D eigenvalue weighted by Crippen LogP contribution is 2.29. The summed E-state index contributed by atoms with van der Waals surface area (Å²) in [6, 6.07) is 31.7. The average molecular weight is 509 g/mol. The van der Waals surface area contributed by atoms with Gasteiger partial charge in [0.1, 0.15) is 29.8 Å². The number of benzene rings is 3. The van der Waals surface area contributed by atoms with Crippen LogP contribution in [0.15, 0.2) is 156 Å². The first kappa shape index (κ1) is 24.8. The van der Waals surface area contributed by atoms with Crippen LogP contribution in [0.1, 0.15) is 28.8 Å². The fraction of sp³-hybridized carbons (Fsp3) is 0.0690. The van der Waals surface area contributed by atoms with Crippen LogP contribution in [0.4, 0.5) is 0 Å². The van der Waals surface area contributed by atoms with Crippen molar-refractivity contribution in [2.75, 3.05) is 0 Å². The van der Waals surface area contributed by atoms with Gasteiger partial charge in [-0.25, -0.2) is 0 Å². The number of nitrogens with one attached hydrogen (secondary N) is 1. The van der Waals surface area contributed by atoms with E-state index in [1.165, 1.54) is 0 Å². The van der Waals surface area contributed by atoms with Gasteiger partial charge in [-0.3, -0.25) is 5.43 Å². The Balaban J connectivity index is 1.49. The van der Waals surface area contributed by atoms with Gasteiger partial charge in [0.25, 0.3) is 0 Å². The van der Waals surface area contributed by atoms with Crippen LogP contribution in [0.5, 0.6) is 0 Å². The number of hydrogen-bond donors (Lipinski definition) is 1. The predicted octanol–water partition coefficient (Wildman–Crippen LogP) is 6.94. The molecule has 1 N–H and O–H groups in total. The Hall–Kier alpha value is -5.87. The summed E-state index contributed by atoms with van der Waals surface area (Å²) in [6.45, 7) is 0. The molecule has 2 aliphatic heterocycles. The normalized spacial score (nSPS) is 17.8. The Morgan fingerprint density at radius 1 is 0.718 bits per heavy atom. The third kappa shape index (κ3) is 5.93. The summed E-state index contributed by atoms with van der Waals surface area (Å²) in [4.78, 5) is 0. The van der Waals surface area contributed by atoms with E-state index in [0.717, 1.165) is 11.1 Å². The third-order valence-corrected chi connectivity index (χ3v) is 5.76. The predicted molar refractivity (Wildman–Crippen MR) is 144 cm³/mol. The van der Waals surface area contributed by atoms with Crippen LogP contribution < -0.4 is 5.43 Å². The van der Waals surface area contributed by atoms with E-state index in [1.54, 1.807) is 30.3 Å². The van der Waals surface area contributed by atoms with Crippen LogP contribution >= 0.6 is 0 Å². The molecule has 0 radical (unpaired) electrons. The Bertz CT molecular complexity index is 1620. The minimum atomic E-state index is -0.282. The van der Waals surface area contributed by atoms with Crippen molar-refractivity contribution < 1.29 is 0 Å². The zero-order valence-corrected chi connectivity index (χ0v) is 20.5. The fourth-order valence-electron chi connectivity index (χ4n) is 3.87. The summed E-state index contributed by atoms with van der Waals surface area (Å²) in [5.41, 5.74) is 5.41. The smallest absolute Gasteiger partial charge is 0.203 e. The monoisotopic (exact) mass is 508 g/mol. The molecule has 0 bridgehead atoms. The van der Waals surface area contributed by atoms with Crippen molar-refractivity contribution in [3.05, 3.63) is 137 Å². The van der Waals surface area contributed by atoms with Crippen LogP contribution in [0, 0.1) is 22.7 Å². The molecule has 39 heavy (non-hydrogen) atoms. The molecule has 2 aliphatic rings. The Morgan fingerprint density at radius 2 is 1.28 bits per heavy atom. The summed E-state index contributed by atoms with van der Waals surface area (Å²) in [7, 11) is 0. The fourth-order valence-corrected chi connectivity index (χ4v) is 3.87. The first-order valence-electron chi connectivity index (χ1n) is 12.0. The molecular formula is C29H20N10. The number of rotatable bonds is 7. The summed E-state index contributed by atoms with van der Waals surface area (Å²) in [6.07, 6.45) is 3.58. The van der Waals surface area contributed by atoms with Gasteiger partial charge in [-0.15, -0.1) is 20.5 Å². The van der Waals surface area contributed by atoms with E-state index in [-0.39, 0.29) is 34.9 Å².